The number of amides is 1. The molecule has 1 N–H and O–H groups in total. The van der Waals surface area contributed by atoms with Crippen molar-refractivity contribution in [3.05, 3.63) is 47.5 Å². The minimum Gasteiger partial charge on any atom is -0.481 e. The average Bonchev–Trinajstić information content (AvgIpc) is 3.19. The normalized spacial score (nSPS) is 24.6. The molecule has 0 unspecified atom stereocenters. The molecule has 28 heavy (non-hydrogen) atoms. The molecule has 2 aliphatic heterocycles. The van der Waals surface area contributed by atoms with Crippen LogP contribution in [0.3, 0.4) is 0 Å². The predicted molar refractivity (Wildman–Crippen MR) is 106 cm³/mol. The van der Waals surface area contributed by atoms with E-state index in [9.17, 15) is 14.7 Å². The van der Waals surface area contributed by atoms with Crippen LogP contribution in [-0.2, 0) is 20.9 Å². The Morgan fingerprint density at radius 3 is 2.68 bits per heavy atom. The predicted octanol–water partition coefficient (Wildman–Crippen LogP) is 2.14. The highest BCUT2D eigenvalue weighted by Crippen LogP contribution is 2.43. The fourth-order valence-corrected chi connectivity index (χ4v) is 4.88. The molecule has 2 aromatic rings. The summed E-state index contributed by atoms with van der Waals surface area (Å²) in [6.07, 6.45) is 0. The van der Waals surface area contributed by atoms with Crippen LogP contribution in [0.4, 0.5) is 0 Å². The zero-order valence-electron chi connectivity index (χ0n) is 16.4. The van der Waals surface area contributed by atoms with Crippen LogP contribution in [0.25, 0.3) is 10.8 Å². The maximum atomic E-state index is 12.2. The van der Waals surface area contributed by atoms with Crippen LogP contribution in [-0.4, -0.2) is 66.7 Å². The summed E-state index contributed by atoms with van der Waals surface area (Å²) in [6, 6.07) is 12.6. The minimum atomic E-state index is -0.887. The number of aryl methyl sites for hydroxylation is 1. The molecule has 0 spiro atoms. The summed E-state index contributed by atoms with van der Waals surface area (Å²) >= 11 is 0. The summed E-state index contributed by atoms with van der Waals surface area (Å²) in [6.45, 7) is 4.74. The highest BCUT2D eigenvalue weighted by molar-refractivity contribution is 5.87. The summed E-state index contributed by atoms with van der Waals surface area (Å²) in [5.74, 6) is -0.988. The molecule has 0 saturated carbocycles. The van der Waals surface area contributed by atoms with E-state index in [1.807, 2.05) is 12.1 Å². The van der Waals surface area contributed by atoms with E-state index in [1.54, 1.807) is 4.90 Å². The van der Waals surface area contributed by atoms with Gasteiger partial charge in [-0.05, 0) is 28.8 Å². The second-order valence-electron chi connectivity index (χ2n) is 8.12. The first-order valence-electron chi connectivity index (χ1n) is 9.64. The fraction of sp³-hybridized carbons (Fsp3) is 0.455. The van der Waals surface area contributed by atoms with Gasteiger partial charge >= 0.3 is 5.97 Å². The molecule has 0 aliphatic carbocycles. The topological polar surface area (TPSA) is 70.1 Å². The monoisotopic (exact) mass is 382 g/mol. The van der Waals surface area contributed by atoms with Crippen LogP contribution in [0, 0.1) is 18.3 Å². The van der Waals surface area contributed by atoms with Gasteiger partial charge in [0, 0.05) is 45.8 Å². The Balaban J connectivity index is 1.57. The lowest BCUT2D eigenvalue weighted by atomic mass is 9.81. The van der Waals surface area contributed by atoms with Gasteiger partial charge in [-0.2, -0.15) is 0 Å². The molecule has 2 saturated heterocycles. The number of carboxylic acid groups (broad SMARTS) is 1. The average molecular weight is 382 g/mol. The molecule has 0 bridgehead atoms. The Kier molecular flexibility index (Phi) is 4.85. The Labute approximate surface area is 164 Å². The maximum Gasteiger partial charge on any atom is 0.313 e. The lowest BCUT2D eigenvalue weighted by Crippen LogP contribution is -2.42. The molecule has 2 aliphatic rings. The van der Waals surface area contributed by atoms with E-state index in [4.69, 9.17) is 4.74 Å². The zero-order valence-corrected chi connectivity index (χ0v) is 16.4. The Hall–Kier alpha value is -2.44. The second-order valence-corrected chi connectivity index (χ2v) is 8.12. The number of hydrogen-bond donors (Lipinski definition) is 1. The lowest BCUT2D eigenvalue weighted by molar-refractivity contribution is -0.149. The summed E-state index contributed by atoms with van der Waals surface area (Å²) in [5.41, 5.74) is 1.59. The molecule has 2 heterocycles. The van der Waals surface area contributed by atoms with Crippen molar-refractivity contribution in [3.8, 4) is 0 Å². The number of hydrogen-bond acceptors (Lipinski definition) is 4. The fourth-order valence-electron chi connectivity index (χ4n) is 4.88. The van der Waals surface area contributed by atoms with Crippen LogP contribution in [0.1, 0.15) is 11.1 Å². The van der Waals surface area contributed by atoms with Gasteiger partial charge in [-0.25, -0.2) is 0 Å². The highest BCUT2D eigenvalue weighted by atomic mass is 16.5. The van der Waals surface area contributed by atoms with E-state index in [-0.39, 0.29) is 25.0 Å². The third-order valence-corrected chi connectivity index (χ3v) is 6.38. The number of fused-ring (bicyclic) bond motifs is 2. The van der Waals surface area contributed by atoms with Crippen molar-refractivity contribution in [2.24, 2.45) is 11.3 Å². The lowest BCUT2D eigenvalue weighted by Gasteiger charge is -2.26. The van der Waals surface area contributed by atoms with E-state index >= 15 is 0 Å². The third kappa shape index (κ3) is 3.06. The number of likely N-dealkylation sites (tertiary alicyclic amines) is 2. The molecule has 0 radical (unpaired) electrons. The summed E-state index contributed by atoms with van der Waals surface area (Å²) in [4.78, 5) is 28.3. The van der Waals surface area contributed by atoms with Gasteiger partial charge in [0.15, 0.2) is 0 Å². The van der Waals surface area contributed by atoms with Gasteiger partial charge in [-0.3, -0.25) is 14.5 Å². The van der Waals surface area contributed by atoms with Gasteiger partial charge in [0.2, 0.25) is 5.91 Å². The first kappa shape index (κ1) is 18.9. The van der Waals surface area contributed by atoms with Gasteiger partial charge in [0.05, 0.1) is 0 Å². The summed E-state index contributed by atoms with van der Waals surface area (Å²) < 4.78 is 4.94. The van der Waals surface area contributed by atoms with Gasteiger partial charge in [-0.15, -0.1) is 0 Å². The number of carbonyl (C=O) groups excluding carboxylic acids is 1. The van der Waals surface area contributed by atoms with Gasteiger partial charge in [-0.1, -0.05) is 36.4 Å². The molecule has 2 atom stereocenters. The van der Waals surface area contributed by atoms with Gasteiger partial charge in [0.25, 0.3) is 0 Å². The van der Waals surface area contributed by atoms with E-state index in [1.165, 1.54) is 29.0 Å². The number of nitrogens with zero attached hydrogens (tertiary/aromatic N) is 2. The number of carboxylic acids is 1. The quantitative estimate of drug-likeness (QED) is 0.858. The number of benzene rings is 2. The van der Waals surface area contributed by atoms with Crippen molar-refractivity contribution in [2.45, 2.75) is 13.5 Å². The number of methoxy groups -OCH3 is 1. The molecule has 4 rings (SSSR count). The Bertz CT molecular complexity index is 928. The molecular formula is C22H26N2O4. The minimum absolute atomic E-state index is 0.00132. The van der Waals surface area contributed by atoms with E-state index in [0.29, 0.717) is 19.6 Å². The number of aliphatic carboxylic acids is 1. The highest BCUT2D eigenvalue weighted by Gasteiger charge is 2.58. The molecular weight excluding hydrogens is 356 g/mol. The molecule has 2 aromatic carbocycles. The Morgan fingerprint density at radius 1 is 1.18 bits per heavy atom. The standard InChI is InChI=1S/C22H26N2O4/c1-15-7-8-16-5-3-4-6-18(16)19(15)11-23-9-17-10-24(20(25)12-28-2)14-22(17,13-23)21(26)27/h3-8,17H,9-14H2,1-2H3,(H,26,27)/t17-,22-/m0/s1. The Morgan fingerprint density at radius 2 is 1.96 bits per heavy atom. The largest absolute Gasteiger partial charge is 0.481 e. The number of rotatable bonds is 5. The molecule has 148 valence electrons. The van der Waals surface area contributed by atoms with Crippen LogP contribution in [0.2, 0.25) is 0 Å². The first-order chi connectivity index (χ1) is 13.4. The van der Waals surface area contributed by atoms with Crippen molar-refractivity contribution in [3.63, 3.8) is 0 Å². The number of carbonyl (C=O) groups is 2. The SMILES string of the molecule is COCC(=O)N1C[C@@H]2CN(Cc3c(C)ccc4ccccc34)C[C@]2(C(=O)O)C1. The molecule has 6 nitrogen and oxygen atoms in total. The third-order valence-electron chi connectivity index (χ3n) is 6.38. The van der Waals surface area contributed by atoms with Crippen molar-refractivity contribution in [1.82, 2.24) is 9.80 Å². The smallest absolute Gasteiger partial charge is 0.313 e. The summed E-state index contributed by atoms with van der Waals surface area (Å²) in [5, 5.41) is 12.4. The molecule has 1 amide bonds. The van der Waals surface area contributed by atoms with Gasteiger partial charge < -0.3 is 14.7 Å². The first-order valence-corrected chi connectivity index (χ1v) is 9.64. The van der Waals surface area contributed by atoms with Crippen LogP contribution >= 0.6 is 0 Å². The molecule has 0 aromatic heterocycles. The van der Waals surface area contributed by atoms with E-state index in [2.05, 4.69) is 36.1 Å². The summed E-state index contributed by atoms with van der Waals surface area (Å²) in [7, 11) is 1.48. The number of ether oxygens (including phenoxy) is 1. The van der Waals surface area contributed by atoms with Crippen molar-refractivity contribution >= 4 is 22.6 Å². The van der Waals surface area contributed by atoms with Crippen molar-refractivity contribution < 1.29 is 19.4 Å². The zero-order chi connectivity index (χ0) is 19.9. The van der Waals surface area contributed by atoms with Crippen LogP contribution < -0.4 is 0 Å². The van der Waals surface area contributed by atoms with Crippen molar-refractivity contribution in [2.75, 3.05) is 39.9 Å². The van der Waals surface area contributed by atoms with Crippen molar-refractivity contribution in [1.29, 1.82) is 0 Å². The van der Waals surface area contributed by atoms with Gasteiger partial charge in [0.1, 0.15) is 12.0 Å². The molecule has 2 fully saturated rings. The maximum absolute atomic E-state index is 12.2. The van der Waals surface area contributed by atoms with Crippen LogP contribution in [0.5, 0.6) is 0 Å². The second kappa shape index (κ2) is 7.18. The van der Waals surface area contributed by atoms with E-state index in [0.717, 1.165) is 6.54 Å². The van der Waals surface area contributed by atoms with E-state index < -0.39 is 11.4 Å². The molecule has 6 heteroatoms. The van der Waals surface area contributed by atoms with Crippen LogP contribution in [0.15, 0.2) is 36.4 Å².